The Balaban J connectivity index is 2.08. The lowest BCUT2D eigenvalue weighted by molar-refractivity contribution is 0.459. The van der Waals surface area contributed by atoms with Crippen LogP contribution >= 0.6 is 15.9 Å². The molecule has 3 heteroatoms. The summed E-state index contributed by atoms with van der Waals surface area (Å²) in [6, 6.07) is 10.1. The van der Waals surface area contributed by atoms with Crippen LogP contribution in [0.15, 0.2) is 41.0 Å². The molecule has 3 rings (SSSR count). The number of aryl methyl sites for hydroxylation is 2. The van der Waals surface area contributed by atoms with Gasteiger partial charge in [-0.25, -0.2) is 4.98 Å². The zero-order valence-corrected chi connectivity index (χ0v) is 10.2. The molecule has 0 N–H and O–H groups in total. The highest BCUT2D eigenvalue weighted by Gasteiger charge is 2.14. The van der Waals surface area contributed by atoms with E-state index >= 15 is 0 Å². The number of halogens is 1. The van der Waals surface area contributed by atoms with Gasteiger partial charge in [0.1, 0.15) is 5.75 Å². The molecule has 0 fully saturated rings. The minimum Gasteiger partial charge on any atom is -0.438 e. The van der Waals surface area contributed by atoms with Crippen LogP contribution in [0.5, 0.6) is 11.6 Å². The molecule has 1 aliphatic heterocycles. The average molecular weight is 276 g/mol. The normalized spacial score (nSPS) is 13.3. The monoisotopic (exact) mass is 275 g/mol. The Labute approximate surface area is 102 Å². The lowest BCUT2D eigenvalue weighted by Gasteiger charge is -2.07. The number of rotatable bonds is 0. The predicted molar refractivity (Wildman–Crippen MR) is 65.9 cm³/mol. The molecule has 0 saturated heterocycles. The highest BCUT2D eigenvalue weighted by molar-refractivity contribution is 9.10. The first-order valence-electron chi connectivity index (χ1n) is 5.23. The van der Waals surface area contributed by atoms with Crippen molar-refractivity contribution in [2.45, 2.75) is 12.8 Å². The van der Waals surface area contributed by atoms with Crippen molar-refractivity contribution in [1.29, 1.82) is 0 Å². The second kappa shape index (κ2) is 3.91. The second-order valence-electron chi connectivity index (χ2n) is 3.82. The summed E-state index contributed by atoms with van der Waals surface area (Å²) in [4.78, 5) is 4.27. The first kappa shape index (κ1) is 9.85. The summed E-state index contributed by atoms with van der Waals surface area (Å²) in [5.41, 5.74) is 2.40. The van der Waals surface area contributed by atoms with Gasteiger partial charge in [0.2, 0.25) is 5.88 Å². The third kappa shape index (κ3) is 1.71. The van der Waals surface area contributed by atoms with Crippen molar-refractivity contribution in [1.82, 2.24) is 4.98 Å². The van der Waals surface area contributed by atoms with Gasteiger partial charge in [0.05, 0.1) is 0 Å². The lowest BCUT2D eigenvalue weighted by Crippen LogP contribution is -1.90. The summed E-state index contributed by atoms with van der Waals surface area (Å²) < 4.78 is 6.92. The van der Waals surface area contributed by atoms with E-state index in [0.717, 1.165) is 28.9 Å². The molecular weight excluding hydrogens is 266 g/mol. The minimum atomic E-state index is 0.739. The number of aromatic nitrogens is 1. The van der Waals surface area contributed by atoms with Crippen molar-refractivity contribution in [3.63, 3.8) is 0 Å². The molecule has 0 atom stereocenters. The Kier molecular flexibility index (Phi) is 2.40. The van der Waals surface area contributed by atoms with Crippen molar-refractivity contribution in [3.8, 4) is 11.6 Å². The molecule has 2 aromatic rings. The van der Waals surface area contributed by atoms with E-state index in [1.165, 1.54) is 11.1 Å². The number of hydrogen-bond donors (Lipinski definition) is 0. The van der Waals surface area contributed by atoms with Gasteiger partial charge in [-0.2, -0.15) is 0 Å². The fourth-order valence-corrected chi connectivity index (χ4v) is 2.33. The SMILES string of the molecule is Brc1ccc2c(c1)CCc1cccnc1O2. The van der Waals surface area contributed by atoms with Gasteiger partial charge in [-0.1, -0.05) is 22.0 Å². The van der Waals surface area contributed by atoms with Crippen LogP contribution < -0.4 is 4.74 Å². The fourth-order valence-electron chi connectivity index (χ4n) is 1.92. The number of pyridine rings is 1. The molecule has 1 aliphatic rings. The summed E-state index contributed by atoms with van der Waals surface area (Å²) in [7, 11) is 0. The van der Waals surface area contributed by atoms with E-state index in [-0.39, 0.29) is 0 Å². The van der Waals surface area contributed by atoms with Crippen molar-refractivity contribution in [3.05, 3.63) is 52.1 Å². The van der Waals surface area contributed by atoms with E-state index in [4.69, 9.17) is 4.74 Å². The molecule has 0 spiro atoms. The number of hydrogen-bond acceptors (Lipinski definition) is 2. The van der Waals surface area contributed by atoms with Crippen LogP contribution in [0.25, 0.3) is 0 Å². The maximum atomic E-state index is 5.83. The highest BCUT2D eigenvalue weighted by Crippen LogP contribution is 2.33. The first-order chi connectivity index (χ1) is 7.83. The van der Waals surface area contributed by atoms with Crippen LogP contribution in [-0.2, 0) is 12.8 Å². The van der Waals surface area contributed by atoms with Gasteiger partial charge in [-0.15, -0.1) is 0 Å². The van der Waals surface area contributed by atoms with Gasteiger partial charge in [0.25, 0.3) is 0 Å². The number of nitrogens with zero attached hydrogens (tertiary/aromatic N) is 1. The second-order valence-corrected chi connectivity index (χ2v) is 4.74. The molecular formula is C13H10BrNO. The Bertz CT molecular complexity index is 539. The maximum Gasteiger partial charge on any atom is 0.222 e. The maximum absolute atomic E-state index is 5.83. The number of benzene rings is 1. The van der Waals surface area contributed by atoms with E-state index < -0.39 is 0 Å². The minimum absolute atomic E-state index is 0.739. The third-order valence-corrected chi connectivity index (χ3v) is 3.24. The van der Waals surface area contributed by atoms with Crippen molar-refractivity contribution in [2.75, 3.05) is 0 Å². The topological polar surface area (TPSA) is 22.1 Å². The zero-order chi connectivity index (χ0) is 11.0. The van der Waals surface area contributed by atoms with E-state index in [1.807, 2.05) is 18.2 Å². The molecule has 1 aromatic carbocycles. The van der Waals surface area contributed by atoms with E-state index in [0.29, 0.717) is 0 Å². The number of ether oxygens (including phenoxy) is 1. The summed E-state index contributed by atoms with van der Waals surface area (Å²) in [6.45, 7) is 0. The van der Waals surface area contributed by atoms with Crippen LogP contribution in [0.3, 0.4) is 0 Å². The summed E-state index contributed by atoms with van der Waals surface area (Å²) >= 11 is 3.48. The van der Waals surface area contributed by atoms with Crippen LogP contribution in [0.4, 0.5) is 0 Å². The smallest absolute Gasteiger partial charge is 0.222 e. The average Bonchev–Trinajstić information content (AvgIpc) is 2.48. The molecule has 80 valence electrons. The molecule has 1 aromatic heterocycles. The predicted octanol–water partition coefficient (Wildman–Crippen LogP) is 3.74. The lowest BCUT2D eigenvalue weighted by atomic mass is 10.1. The van der Waals surface area contributed by atoms with Gasteiger partial charge in [0, 0.05) is 16.2 Å². The molecule has 0 saturated carbocycles. The molecule has 0 bridgehead atoms. The zero-order valence-electron chi connectivity index (χ0n) is 8.61. The standard InChI is InChI=1S/C13H10BrNO/c14-11-5-6-12-10(8-11)4-3-9-2-1-7-15-13(9)16-12/h1-2,5-8H,3-4H2. The van der Waals surface area contributed by atoms with Crippen LogP contribution in [-0.4, -0.2) is 4.98 Å². The van der Waals surface area contributed by atoms with Crippen molar-refractivity contribution < 1.29 is 4.74 Å². The Morgan fingerprint density at radius 1 is 1.12 bits per heavy atom. The van der Waals surface area contributed by atoms with Gasteiger partial charge in [-0.3, -0.25) is 0 Å². The summed E-state index contributed by atoms with van der Waals surface area (Å²) in [5, 5.41) is 0. The fraction of sp³-hybridized carbons (Fsp3) is 0.154. The molecule has 0 aliphatic carbocycles. The van der Waals surface area contributed by atoms with Gasteiger partial charge < -0.3 is 4.74 Å². The molecule has 0 unspecified atom stereocenters. The summed E-state index contributed by atoms with van der Waals surface area (Å²) in [5.74, 6) is 1.66. The van der Waals surface area contributed by atoms with Crippen LogP contribution in [0.2, 0.25) is 0 Å². The number of fused-ring (bicyclic) bond motifs is 2. The highest BCUT2D eigenvalue weighted by atomic mass is 79.9. The van der Waals surface area contributed by atoms with Gasteiger partial charge >= 0.3 is 0 Å². The summed E-state index contributed by atoms with van der Waals surface area (Å²) in [6.07, 6.45) is 3.74. The Morgan fingerprint density at radius 3 is 2.94 bits per heavy atom. The molecule has 2 nitrogen and oxygen atoms in total. The van der Waals surface area contributed by atoms with Crippen LogP contribution in [0, 0.1) is 0 Å². The van der Waals surface area contributed by atoms with Crippen molar-refractivity contribution >= 4 is 15.9 Å². The molecule has 0 radical (unpaired) electrons. The third-order valence-electron chi connectivity index (χ3n) is 2.74. The van der Waals surface area contributed by atoms with E-state index in [1.54, 1.807) is 6.20 Å². The molecule has 0 amide bonds. The van der Waals surface area contributed by atoms with Gasteiger partial charge in [0.15, 0.2) is 0 Å². The quantitative estimate of drug-likeness (QED) is 0.731. The molecule has 16 heavy (non-hydrogen) atoms. The first-order valence-corrected chi connectivity index (χ1v) is 6.02. The molecule has 2 heterocycles. The van der Waals surface area contributed by atoms with Crippen molar-refractivity contribution in [2.24, 2.45) is 0 Å². The van der Waals surface area contributed by atoms with E-state index in [9.17, 15) is 0 Å². The van der Waals surface area contributed by atoms with Gasteiger partial charge in [-0.05, 0) is 42.7 Å². The Hall–Kier alpha value is -1.35. The van der Waals surface area contributed by atoms with E-state index in [2.05, 4.69) is 33.0 Å². The largest absolute Gasteiger partial charge is 0.438 e. The Morgan fingerprint density at radius 2 is 2.00 bits per heavy atom. The van der Waals surface area contributed by atoms with Crippen LogP contribution in [0.1, 0.15) is 11.1 Å².